The summed E-state index contributed by atoms with van der Waals surface area (Å²) in [7, 11) is 0. The molecule has 0 spiro atoms. The van der Waals surface area contributed by atoms with E-state index in [1.165, 1.54) is 4.68 Å². The van der Waals surface area contributed by atoms with Crippen molar-refractivity contribution in [3.63, 3.8) is 0 Å². The third kappa shape index (κ3) is 2.65. The molecule has 1 aliphatic carbocycles. The molecule has 2 aromatic rings. The van der Waals surface area contributed by atoms with Crippen molar-refractivity contribution in [2.45, 2.75) is 51.5 Å². The van der Waals surface area contributed by atoms with Crippen LogP contribution < -0.4 is 0 Å². The molecule has 0 amide bonds. The highest BCUT2D eigenvalue weighted by Gasteiger charge is 2.31. The average Bonchev–Trinajstić information content (AvgIpc) is 2.96. The zero-order valence-electron chi connectivity index (χ0n) is 12.2. The Morgan fingerprint density at radius 1 is 1.43 bits per heavy atom. The Balaban J connectivity index is 1.92. The summed E-state index contributed by atoms with van der Waals surface area (Å²) in [5.41, 5.74) is 0.0990. The fourth-order valence-corrected chi connectivity index (χ4v) is 2.28. The molecule has 21 heavy (non-hydrogen) atoms. The molecule has 1 fully saturated rings. The summed E-state index contributed by atoms with van der Waals surface area (Å²) < 4.78 is 6.73. The molecule has 0 bridgehead atoms. The van der Waals surface area contributed by atoms with E-state index in [1.54, 1.807) is 0 Å². The second kappa shape index (κ2) is 4.64. The molecule has 0 atom stereocenters. The third-order valence-electron chi connectivity index (χ3n) is 3.36. The van der Waals surface area contributed by atoms with E-state index in [1.807, 2.05) is 20.8 Å². The molecular weight excluding hydrogens is 274 g/mol. The Morgan fingerprint density at radius 2 is 2.14 bits per heavy atom. The molecule has 0 radical (unpaired) electrons. The van der Waals surface area contributed by atoms with Gasteiger partial charge in [0.05, 0.1) is 5.69 Å². The van der Waals surface area contributed by atoms with Crippen molar-refractivity contribution in [1.82, 2.24) is 25.1 Å². The first-order chi connectivity index (χ1) is 9.86. The van der Waals surface area contributed by atoms with Gasteiger partial charge in [-0.3, -0.25) is 0 Å². The highest BCUT2D eigenvalue weighted by molar-refractivity contribution is 5.86. The first kappa shape index (κ1) is 13.7. The van der Waals surface area contributed by atoms with Gasteiger partial charge in [-0.05, 0) is 12.8 Å². The summed E-state index contributed by atoms with van der Waals surface area (Å²) in [6, 6.07) is 0. The Kier molecular flexibility index (Phi) is 3.03. The lowest BCUT2D eigenvalue weighted by molar-refractivity contribution is 0.0687. The van der Waals surface area contributed by atoms with E-state index in [-0.39, 0.29) is 12.2 Å². The van der Waals surface area contributed by atoms with Gasteiger partial charge in [-0.25, -0.2) is 9.48 Å². The van der Waals surface area contributed by atoms with E-state index < -0.39 is 11.4 Å². The monoisotopic (exact) mass is 291 g/mol. The van der Waals surface area contributed by atoms with Crippen LogP contribution in [-0.2, 0) is 12.0 Å². The second-order valence-electron chi connectivity index (χ2n) is 6.32. The van der Waals surface area contributed by atoms with Crippen LogP contribution in [-0.4, -0.2) is 36.2 Å². The van der Waals surface area contributed by atoms with E-state index >= 15 is 0 Å². The zero-order valence-corrected chi connectivity index (χ0v) is 12.2. The summed E-state index contributed by atoms with van der Waals surface area (Å²) in [5, 5.41) is 20.9. The summed E-state index contributed by atoms with van der Waals surface area (Å²) in [6.07, 6.45) is 2.19. The molecule has 0 saturated heterocycles. The Morgan fingerprint density at radius 3 is 2.71 bits per heavy atom. The Hall–Kier alpha value is -2.25. The molecule has 1 N–H and O–H groups in total. The maximum atomic E-state index is 11.3. The second-order valence-corrected chi connectivity index (χ2v) is 6.32. The fraction of sp³-hybridized carbons (Fsp3) is 0.615. The number of aromatic nitrogens is 5. The number of nitrogens with zero attached hydrogens (tertiary/aromatic N) is 5. The van der Waals surface area contributed by atoms with Gasteiger partial charge < -0.3 is 9.63 Å². The molecule has 0 aliphatic heterocycles. The van der Waals surface area contributed by atoms with Gasteiger partial charge in [0, 0.05) is 11.3 Å². The molecule has 1 saturated carbocycles. The van der Waals surface area contributed by atoms with Gasteiger partial charge >= 0.3 is 5.97 Å². The molecule has 8 heteroatoms. The molecular formula is C13H17N5O3. The van der Waals surface area contributed by atoms with Crippen molar-refractivity contribution in [3.05, 3.63) is 23.1 Å². The predicted molar refractivity (Wildman–Crippen MR) is 71.1 cm³/mol. The van der Waals surface area contributed by atoms with E-state index in [2.05, 4.69) is 20.5 Å². The lowest BCUT2D eigenvalue weighted by Gasteiger charge is -2.19. The van der Waals surface area contributed by atoms with Crippen molar-refractivity contribution in [2.75, 3.05) is 0 Å². The van der Waals surface area contributed by atoms with E-state index in [4.69, 9.17) is 4.52 Å². The number of carbonyl (C=O) groups is 1. The molecule has 0 unspecified atom stereocenters. The zero-order chi connectivity index (χ0) is 15.2. The van der Waals surface area contributed by atoms with Gasteiger partial charge in [0.2, 0.25) is 5.89 Å². The van der Waals surface area contributed by atoms with Crippen LogP contribution in [0.4, 0.5) is 0 Å². The van der Waals surface area contributed by atoms with Gasteiger partial charge in [0.25, 0.3) is 0 Å². The number of rotatable bonds is 4. The molecule has 1 aliphatic rings. The molecule has 8 nitrogen and oxygen atoms in total. The van der Waals surface area contributed by atoms with Gasteiger partial charge in [-0.2, -0.15) is 4.98 Å². The Labute approximate surface area is 121 Å². The van der Waals surface area contributed by atoms with E-state index in [0.717, 1.165) is 18.7 Å². The van der Waals surface area contributed by atoms with Crippen molar-refractivity contribution >= 4 is 5.97 Å². The summed E-state index contributed by atoms with van der Waals surface area (Å²) >= 11 is 0. The summed E-state index contributed by atoms with van der Waals surface area (Å²) in [5.74, 6) is 0.468. The fourth-order valence-electron chi connectivity index (χ4n) is 2.28. The van der Waals surface area contributed by atoms with Crippen LogP contribution >= 0.6 is 0 Å². The molecule has 2 heterocycles. The smallest absolute Gasteiger partial charge is 0.358 e. The number of aromatic carboxylic acids is 1. The minimum atomic E-state index is -1.09. The minimum Gasteiger partial charge on any atom is -0.476 e. The number of hydrogen-bond acceptors (Lipinski definition) is 6. The highest BCUT2D eigenvalue weighted by atomic mass is 16.5. The van der Waals surface area contributed by atoms with Crippen LogP contribution in [0, 0.1) is 0 Å². The van der Waals surface area contributed by atoms with Gasteiger partial charge in [0.15, 0.2) is 11.5 Å². The highest BCUT2D eigenvalue weighted by Crippen LogP contribution is 2.38. The largest absolute Gasteiger partial charge is 0.476 e. The molecule has 2 aromatic heterocycles. The van der Waals surface area contributed by atoms with Crippen molar-refractivity contribution < 1.29 is 14.4 Å². The normalized spacial score (nSPS) is 15.4. The summed E-state index contributed by atoms with van der Waals surface area (Å²) in [6.45, 7) is 5.97. The van der Waals surface area contributed by atoms with Gasteiger partial charge in [-0.15, -0.1) is 5.10 Å². The van der Waals surface area contributed by atoms with Crippen molar-refractivity contribution in [3.8, 4) is 0 Å². The van der Waals surface area contributed by atoms with Gasteiger partial charge in [0.1, 0.15) is 6.54 Å². The molecule has 0 aromatic carbocycles. The predicted octanol–water partition coefficient (Wildman–Crippen LogP) is 1.58. The number of carboxylic acids is 1. The maximum absolute atomic E-state index is 11.3. The van der Waals surface area contributed by atoms with Crippen LogP contribution in [0.3, 0.4) is 0 Å². The lowest BCUT2D eigenvalue weighted by atomic mass is 9.90. The first-order valence-electron chi connectivity index (χ1n) is 6.86. The maximum Gasteiger partial charge on any atom is 0.358 e. The Bertz CT molecular complexity index is 678. The van der Waals surface area contributed by atoms with E-state index in [0.29, 0.717) is 17.5 Å². The average molecular weight is 291 g/mol. The van der Waals surface area contributed by atoms with Crippen LogP contribution in [0.2, 0.25) is 0 Å². The van der Waals surface area contributed by atoms with Crippen molar-refractivity contribution in [2.24, 2.45) is 0 Å². The third-order valence-corrected chi connectivity index (χ3v) is 3.36. The topological polar surface area (TPSA) is 107 Å². The minimum absolute atomic E-state index is 0.0376. The number of carboxylic acid groups (broad SMARTS) is 1. The van der Waals surface area contributed by atoms with Crippen LogP contribution in [0.15, 0.2) is 4.52 Å². The van der Waals surface area contributed by atoms with Crippen LogP contribution in [0.5, 0.6) is 0 Å². The van der Waals surface area contributed by atoms with Crippen LogP contribution in [0.25, 0.3) is 0 Å². The van der Waals surface area contributed by atoms with Gasteiger partial charge in [-0.1, -0.05) is 31.1 Å². The van der Waals surface area contributed by atoms with Crippen LogP contribution in [0.1, 0.15) is 67.4 Å². The standard InChI is InChI=1S/C13H17N5O3/c1-13(2,3)10-9(12(19)20)15-17-18(10)6-8-14-11(16-21-8)7-4-5-7/h7H,4-6H2,1-3H3,(H,19,20). The first-order valence-corrected chi connectivity index (χ1v) is 6.86. The SMILES string of the molecule is CC(C)(C)c1c(C(=O)O)nnn1Cc1nc(C2CC2)no1. The summed E-state index contributed by atoms with van der Waals surface area (Å²) in [4.78, 5) is 15.6. The quantitative estimate of drug-likeness (QED) is 0.911. The lowest BCUT2D eigenvalue weighted by Crippen LogP contribution is -2.22. The molecule has 3 rings (SSSR count). The number of hydrogen-bond donors (Lipinski definition) is 1. The van der Waals surface area contributed by atoms with E-state index in [9.17, 15) is 9.90 Å². The molecule has 112 valence electrons. The van der Waals surface area contributed by atoms with Crippen molar-refractivity contribution in [1.29, 1.82) is 0 Å².